The minimum absolute atomic E-state index is 0.0809. The molecule has 4 heteroatoms. The van der Waals surface area contributed by atoms with Crippen molar-refractivity contribution in [2.75, 3.05) is 6.54 Å². The summed E-state index contributed by atoms with van der Waals surface area (Å²) in [5, 5.41) is 2.72. The van der Waals surface area contributed by atoms with Crippen LogP contribution in [-0.2, 0) is 9.84 Å². The molecule has 1 N–H and O–H groups in total. The van der Waals surface area contributed by atoms with E-state index < -0.39 is 9.84 Å². The van der Waals surface area contributed by atoms with Crippen molar-refractivity contribution in [3.05, 3.63) is 0 Å². The second-order valence-corrected chi connectivity index (χ2v) is 7.18. The molecule has 0 fully saturated rings. The largest absolute Gasteiger partial charge is 0.313 e. The summed E-state index contributed by atoms with van der Waals surface area (Å²) in [6, 6.07) is 0.0809. The average molecular weight is 235 g/mol. The molecule has 15 heavy (non-hydrogen) atoms. The predicted molar refractivity (Wildman–Crippen MR) is 65.9 cm³/mol. The summed E-state index contributed by atoms with van der Waals surface area (Å²) in [5.41, 5.74) is 0. The maximum atomic E-state index is 12.0. The second kappa shape index (κ2) is 6.48. The molecule has 0 radical (unpaired) electrons. The van der Waals surface area contributed by atoms with Gasteiger partial charge in [-0.2, -0.15) is 0 Å². The lowest BCUT2D eigenvalue weighted by Gasteiger charge is -2.25. The highest BCUT2D eigenvalue weighted by Gasteiger charge is 2.30. The lowest BCUT2D eigenvalue weighted by Crippen LogP contribution is -2.44. The van der Waals surface area contributed by atoms with Gasteiger partial charge in [0, 0.05) is 6.04 Å². The smallest absolute Gasteiger partial charge is 0.156 e. The van der Waals surface area contributed by atoms with Crippen LogP contribution >= 0.6 is 0 Å². The van der Waals surface area contributed by atoms with Crippen molar-refractivity contribution in [3.8, 4) is 0 Å². The summed E-state index contributed by atoms with van der Waals surface area (Å²) in [4.78, 5) is 0. The molecule has 0 aliphatic heterocycles. The zero-order valence-corrected chi connectivity index (χ0v) is 11.4. The molecule has 0 saturated carbocycles. The highest BCUT2D eigenvalue weighted by atomic mass is 32.2. The first kappa shape index (κ1) is 14.9. The van der Waals surface area contributed by atoms with E-state index in [4.69, 9.17) is 0 Å². The predicted octanol–water partition coefficient (Wildman–Crippen LogP) is 1.98. The van der Waals surface area contributed by atoms with Crippen LogP contribution in [0.4, 0.5) is 0 Å². The van der Waals surface area contributed by atoms with E-state index in [1.54, 1.807) is 13.8 Å². The van der Waals surface area contributed by atoms with Crippen LogP contribution in [0.1, 0.15) is 47.5 Å². The maximum Gasteiger partial charge on any atom is 0.156 e. The SMILES string of the molecule is CCCNC(CC)C(C)S(=O)(=O)C(C)C. The van der Waals surface area contributed by atoms with Crippen molar-refractivity contribution < 1.29 is 8.42 Å². The van der Waals surface area contributed by atoms with Gasteiger partial charge in [0.2, 0.25) is 0 Å². The van der Waals surface area contributed by atoms with Crippen LogP contribution in [0.25, 0.3) is 0 Å². The molecule has 0 aromatic heterocycles. The Kier molecular flexibility index (Phi) is 6.44. The summed E-state index contributed by atoms with van der Waals surface area (Å²) in [6.45, 7) is 10.3. The molecule has 0 heterocycles. The Hall–Kier alpha value is -0.0900. The molecule has 92 valence electrons. The number of hydrogen-bond acceptors (Lipinski definition) is 3. The van der Waals surface area contributed by atoms with E-state index in [-0.39, 0.29) is 16.5 Å². The van der Waals surface area contributed by atoms with E-state index in [0.29, 0.717) is 0 Å². The van der Waals surface area contributed by atoms with Gasteiger partial charge in [-0.1, -0.05) is 13.8 Å². The van der Waals surface area contributed by atoms with Gasteiger partial charge >= 0.3 is 0 Å². The molecule has 0 aromatic carbocycles. The molecule has 0 bridgehead atoms. The lowest BCUT2D eigenvalue weighted by atomic mass is 10.1. The van der Waals surface area contributed by atoms with E-state index in [2.05, 4.69) is 12.2 Å². The number of sulfone groups is 1. The molecule has 0 amide bonds. The number of rotatable bonds is 7. The molecule has 0 saturated heterocycles. The van der Waals surface area contributed by atoms with Crippen molar-refractivity contribution in [2.24, 2.45) is 0 Å². The van der Waals surface area contributed by atoms with Gasteiger partial charge in [0.05, 0.1) is 10.5 Å². The quantitative estimate of drug-likeness (QED) is 0.734. The van der Waals surface area contributed by atoms with Crippen LogP contribution in [-0.4, -0.2) is 31.5 Å². The summed E-state index contributed by atoms with van der Waals surface area (Å²) < 4.78 is 23.9. The molecular weight excluding hydrogens is 210 g/mol. The van der Waals surface area contributed by atoms with E-state index in [0.717, 1.165) is 19.4 Å². The van der Waals surface area contributed by atoms with Gasteiger partial charge < -0.3 is 5.32 Å². The fourth-order valence-corrected chi connectivity index (χ4v) is 3.24. The van der Waals surface area contributed by atoms with Gasteiger partial charge in [0.1, 0.15) is 0 Å². The Bertz CT molecular complexity index is 260. The molecule has 0 aliphatic carbocycles. The summed E-state index contributed by atoms with van der Waals surface area (Å²) in [7, 11) is -2.98. The first-order valence-corrected chi connectivity index (χ1v) is 7.44. The zero-order chi connectivity index (χ0) is 12.1. The Morgan fingerprint density at radius 1 is 1.13 bits per heavy atom. The van der Waals surface area contributed by atoms with Crippen LogP contribution in [0.3, 0.4) is 0 Å². The Labute approximate surface area is 94.6 Å². The minimum atomic E-state index is -2.98. The fourth-order valence-electron chi connectivity index (χ4n) is 1.63. The monoisotopic (exact) mass is 235 g/mol. The molecule has 2 unspecified atom stereocenters. The molecule has 2 atom stereocenters. The summed E-state index contributed by atoms with van der Waals surface area (Å²) in [6.07, 6.45) is 1.89. The molecule has 3 nitrogen and oxygen atoms in total. The zero-order valence-electron chi connectivity index (χ0n) is 10.6. The first-order chi connectivity index (χ1) is 6.87. The molecule has 0 aliphatic rings. The average Bonchev–Trinajstić information content (AvgIpc) is 2.18. The lowest BCUT2D eigenvalue weighted by molar-refractivity contribution is 0.469. The topological polar surface area (TPSA) is 46.2 Å². The van der Waals surface area contributed by atoms with Crippen molar-refractivity contribution in [1.82, 2.24) is 5.32 Å². The van der Waals surface area contributed by atoms with Gasteiger partial charge in [-0.25, -0.2) is 8.42 Å². The standard InChI is InChI=1S/C11H25NO2S/c1-6-8-12-11(7-2)10(5)15(13,14)9(3)4/h9-12H,6-8H2,1-5H3. The molecular formula is C11H25NO2S. The third kappa shape index (κ3) is 4.11. The van der Waals surface area contributed by atoms with Crippen molar-refractivity contribution in [2.45, 2.75) is 64.0 Å². The molecule has 0 spiro atoms. The van der Waals surface area contributed by atoms with E-state index in [1.807, 2.05) is 13.8 Å². The van der Waals surface area contributed by atoms with Crippen molar-refractivity contribution in [1.29, 1.82) is 0 Å². The maximum absolute atomic E-state index is 12.0. The van der Waals surface area contributed by atoms with Crippen LogP contribution in [0.2, 0.25) is 0 Å². The van der Waals surface area contributed by atoms with Crippen LogP contribution in [0, 0.1) is 0 Å². The van der Waals surface area contributed by atoms with E-state index in [9.17, 15) is 8.42 Å². The van der Waals surface area contributed by atoms with Gasteiger partial charge in [-0.15, -0.1) is 0 Å². The molecule has 0 aromatic rings. The number of hydrogen-bond donors (Lipinski definition) is 1. The van der Waals surface area contributed by atoms with Crippen LogP contribution in [0.5, 0.6) is 0 Å². The van der Waals surface area contributed by atoms with Crippen molar-refractivity contribution in [3.63, 3.8) is 0 Å². The fraction of sp³-hybridized carbons (Fsp3) is 1.00. The highest BCUT2D eigenvalue weighted by Crippen LogP contribution is 2.14. The Balaban J connectivity index is 4.57. The van der Waals surface area contributed by atoms with E-state index >= 15 is 0 Å². The third-order valence-corrected chi connectivity index (χ3v) is 5.52. The van der Waals surface area contributed by atoms with Gasteiger partial charge in [0.15, 0.2) is 9.84 Å². The van der Waals surface area contributed by atoms with Crippen LogP contribution < -0.4 is 5.32 Å². The van der Waals surface area contributed by atoms with Gasteiger partial charge in [-0.05, 0) is 40.2 Å². The summed E-state index contributed by atoms with van der Waals surface area (Å²) in [5.74, 6) is 0. The van der Waals surface area contributed by atoms with Crippen LogP contribution in [0.15, 0.2) is 0 Å². The normalized spacial score (nSPS) is 16.7. The summed E-state index contributed by atoms with van der Waals surface area (Å²) >= 11 is 0. The second-order valence-electron chi connectivity index (χ2n) is 4.31. The Morgan fingerprint density at radius 3 is 2.00 bits per heavy atom. The minimum Gasteiger partial charge on any atom is -0.313 e. The Morgan fingerprint density at radius 2 is 1.67 bits per heavy atom. The first-order valence-electron chi connectivity index (χ1n) is 5.83. The van der Waals surface area contributed by atoms with Gasteiger partial charge in [0.25, 0.3) is 0 Å². The molecule has 0 rings (SSSR count). The number of nitrogens with one attached hydrogen (secondary N) is 1. The van der Waals surface area contributed by atoms with E-state index in [1.165, 1.54) is 0 Å². The van der Waals surface area contributed by atoms with Gasteiger partial charge in [-0.3, -0.25) is 0 Å². The third-order valence-electron chi connectivity index (χ3n) is 2.84. The van der Waals surface area contributed by atoms with Crippen molar-refractivity contribution >= 4 is 9.84 Å². The highest BCUT2D eigenvalue weighted by molar-refractivity contribution is 7.92.